The predicted molar refractivity (Wildman–Crippen MR) is 219 cm³/mol. The van der Waals surface area contributed by atoms with E-state index in [-0.39, 0.29) is 19.4 Å². The molecule has 0 aliphatic rings. The zero-order valence-corrected chi connectivity index (χ0v) is 35.9. The van der Waals surface area contributed by atoms with Gasteiger partial charge in [0, 0.05) is 15.9 Å². The number of hydrogen-bond acceptors (Lipinski definition) is 5. The van der Waals surface area contributed by atoms with Crippen molar-refractivity contribution in [1.29, 1.82) is 0 Å². The molecule has 0 aromatic heterocycles. The smallest absolute Gasteiger partial charge is 0.759 e. The fraction of sp³-hybridized carbons (Fsp3) is 1.00. The summed E-state index contributed by atoms with van der Waals surface area (Å²) in [5, 5.41) is 0. The van der Waals surface area contributed by atoms with Crippen molar-refractivity contribution in [3.63, 3.8) is 0 Å². The molecule has 0 atom stereocenters. The Balaban J connectivity index is -0.000000242. The van der Waals surface area contributed by atoms with Crippen LogP contribution in [0.5, 0.6) is 0 Å². The molecule has 8 heteroatoms. The van der Waals surface area contributed by atoms with E-state index in [1.807, 2.05) is 0 Å². The van der Waals surface area contributed by atoms with Crippen molar-refractivity contribution in [2.45, 2.75) is 240 Å². The highest BCUT2D eigenvalue weighted by atomic mass is 35.5. The minimum atomic E-state index is -5.17. The zero-order valence-electron chi connectivity index (χ0n) is 35.3. The highest BCUT2D eigenvalue weighted by molar-refractivity contribution is 7.79. The molecule has 49 heavy (non-hydrogen) atoms. The Bertz CT molecular complexity index is 645. The molecule has 0 aromatic carbocycles. The number of rotatable bonds is 33. The van der Waals surface area contributed by atoms with E-state index >= 15 is 0 Å². The monoisotopic (exact) mass is 743 g/mol. The van der Waals surface area contributed by atoms with Crippen LogP contribution >= 0.6 is 12.4 Å². The zero-order chi connectivity index (χ0) is 36.8. The first kappa shape index (κ1) is 55.8. The van der Waals surface area contributed by atoms with E-state index in [0.29, 0.717) is 0 Å². The minimum absolute atomic E-state index is 0. The second-order valence-corrected chi connectivity index (χ2v) is 15.8. The molecule has 0 bridgehead atoms. The standard InChI is InChI=1S/C25H53N.C16H36N.ClH.H2O4S/c1-4-7-10-13-16-19-22-25(26,23-20-17-14-11-8-5-2)24-21-18-15-12-9-6-3;1-5-9-13-17(14-10-6-2,15-11-7-3)16-12-8-4;;1-5(2,3)4/h4-24,26H2,1-3H3;5-16H2,1-4H3;1H;(H2,1,2,3,4)/q;+1;;/p-1. The van der Waals surface area contributed by atoms with Crippen molar-refractivity contribution < 1.29 is 23.4 Å². The van der Waals surface area contributed by atoms with Crippen molar-refractivity contribution in [3.05, 3.63) is 0 Å². The second-order valence-electron chi connectivity index (χ2n) is 15.0. The van der Waals surface area contributed by atoms with Gasteiger partial charge in [-0.1, -0.05) is 190 Å². The van der Waals surface area contributed by atoms with Crippen LogP contribution in [0.15, 0.2) is 0 Å². The van der Waals surface area contributed by atoms with Crippen LogP contribution in [0.1, 0.15) is 236 Å². The molecule has 0 rings (SSSR count). The second kappa shape index (κ2) is 40.8. The summed E-state index contributed by atoms with van der Waals surface area (Å²) >= 11 is 0. The largest absolute Gasteiger partial charge is 1.00 e. The maximum Gasteiger partial charge on any atom is 1.00 e. The van der Waals surface area contributed by atoms with Crippen molar-refractivity contribution in [3.8, 4) is 0 Å². The summed E-state index contributed by atoms with van der Waals surface area (Å²) in [6.45, 7) is 21.9. The Morgan fingerprint density at radius 2 is 0.612 bits per heavy atom. The summed E-state index contributed by atoms with van der Waals surface area (Å²) in [7, 11) is -5.17. The predicted octanol–water partition coefficient (Wildman–Crippen LogP) is 13.1. The third kappa shape index (κ3) is 46.1. The van der Waals surface area contributed by atoms with Crippen LogP contribution in [-0.2, 0) is 10.4 Å². The molecule has 0 saturated heterocycles. The molecular weight excluding hydrogens is 652 g/mol. The van der Waals surface area contributed by atoms with Crippen LogP contribution < -0.4 is 5.73 Å². The molecule has 0 radical (unpaired) electrons. The molecule has 0 aliphatic heterocycles. The molecule has 0 heterocycles. The van der Waals surface area contributed by atoms with Gasteiger partial charge in [-0.25, -0.2) is 0 Å². The molecule has 2 N–H and O–H groups in total. The van der Waals surface area contributed by atoms with Gasteiger partial charge in [0.15, 0.2) is 0 Å². The molecular formula is C41H91ClN2O4S. The number of hydrogen-bond donors (Lipinski definition) is 1. The highest BCUT2D eigenvalue weighted by Gasteiger charge is 2.25. The number of nitrogens with two attached hydrogens (primary N) is 1. The topological polar surface area (TPSA) is 106 Å². The number of unbranched alkanes of at least 4 members (excludes halogenated alkanes) is 19. The van der Waals surface area contributed by atoms with Crippen LogP contribution in [0.2, 0.25) is 0 Å². The van der Waals surface area contributed by atoms with Crippen LogP contribution in [-0.4, -0.2) is 53.7 Å². The summed E-state index contributed by atoms with van der Waals surface area (Å²) in [5.74, 6) is 0. The maximum atomic E-state index is 8.52. The van der Waals surface area contributed by atoms with E-state index < -0.39 is 10.4 Å². The Morgan fingerprint density at radius 1 is 0.429 bits per heavy atom. The van der Waals surface area contributed by atoms with Crippen LogP contribution in [0.3, 0.4) is 0 Å². The lowest BCUT2D eigenvalue weighted by molar-refractivity contribution is -0.929. The van der Waals surface area contributed by atoms with E-state index in [9.17, 15) is 0 Å². The Kier molecular flexibility index (Phi) is 46.5. The van der Waals surface area contributed by atoms with Gasteiger partial charge < -0.3 is 19.3 Å². The van der Waals surface area contributed by atoms with Gasteiger partial charge in [-0.05, 0) is 44.9 Å². The Morgan fingerprint density at radius 3 is 0.816 bits per heavy atom. The molecule has 0 aromatic rings. The molecule has 0 amide bonds. The van der Waals surface area contributed by atoms with E-state index in [1.54, 1.807) is 0 Å². The molecule has 302 valence electrons. The summed E-state index contributed by atoms with van der Waals surface area (Å²) in [6, 6.07) is 0. The van der Waals surface area contributed by atoms with Crippen molar-refractivity contribution in [2.75, 3.05) is 26.2 Å². The molecule has 0 aliphatic carbocycles. The molecule has 0 spiro atoms. The van der Waals surface area contributed by atoms with E-state index in [2.05, 4.69) is 48.5 Å². The third-order valence-electron chi connectivity index (χ3n) is 10.0. The van der Waals surface area contributed by atoms with Gasteiger partial charge in [0.05, 0.1) is 26.2 Å². The van der Waals surface area contributed by atoms with Gasteiger partial charge in [-0.2, -0.15) is 0 Å². The summed E-state index contributed by atoms with van der Waals surface area (Å²) in [6.07, 6.45) is 39.9. The maximum absolute atomic E-state index is 8.52. The normalized spacial score (nSPS) is 11.7. The quantitative estimate of drug-likeness (QED) is 0.0312. The summed E-state index contributed by atoms with van der Waals surface area (Å²) in [4.78, 5) is 0. The molecule has 0 unspecified atom stereocenters. The van der Waals surface area contributed by atoms with Crippen LogP contribution in [0, 0.1) is 0 Å². The lowest BCUT2D eigenvalue weighted by Crippen LogP contribution is -2.50. The third-order valence-corrected chi connectivity index (χ3v) is 10.0. The Hall–Kier alpha value is 0.0800. The fourth-order valence-corrected chi connectivity index (χ4v) is 6.79. The van der Waals surface area contributed by atoms with Crippen molar-refractivity contribution >= 4 is 22.8 Å². The van der Waals surface area contributed by atoms with E-state index in [1.165, 1.54) is 217 Å². The van der Waals surface area contributed by atoms with Crippen LogP contribution in [0.4, 0.5) is 0 Å². The van der Waals surface area contributed by atoms with Crippen molar-refractivity contribution in [2.24, 2.45) is 5.73 Å². The van der Waals surface area contributed by atoms with Gasteiger partial charge in [-0.15, -0.1) is 12.4 Å². The van der Waals surface area contributed by atoms with Gasteiger partial charge in [0.2, 0.25) is 0 Å². The number of halogens is 1. The summed E-state index contributed by atoms with van der Waals surface area (Å²) < 4.78 is 35.5. The van der Waals surface area contributed by atoms with Crippen molar-refractivity contribution in [1.82, 2.24) is 0 Å². The fourth-order valence-electron chi connectivity index (χ4n) is 6.79. The average Bonchev–Trinajstić information content (AvgIpc) is 3.05. The SMILES string of the molecule is CCCCCCCCC(N)(CCCCCCCC)CCCCCCCC.CCCC[N+](CCCC)(CCCC)CCCC.Cl.O=S(=O)([O-])[O-].[H+]. The average molecular weight is 744 g/mol. The highest BCUT2D eigenvalue weighted by Crippen LogP contribution is 2.27. The van der Waals surface area contributed by atoms with Gasteiger partial charge in [-0.3, -0.25) is 8.42 Å². The van der Waals surface area contributed by atoms with E-state index in [4.69, 9.17) is 23.3 Å². The Labute approximate surface area is 317 Å². The molecule has 0 fully saturated rings. The first-order valence-corrected chi connectivity index (χ1v) is 22.6. The first-order valence-electron chi connectivity index (χ1n) is 21.2. The lowest BCUT2D eigenvalue weighted by atomic mass is 9.82. The van der Waals surface area contributed by atoms with E-state index in [0.717, 1.165) is 0 Å². The molecule has 0 saturated carbocycles. The first-order chi connectivity index (χ1) is 22.9. The minimum Gasteiger partial charge on any atom is -0.759 e. The number of quaternary nitrogens is 1. The van der Waals surface area contributed by atoms with Gasteiger partial charge in [0.25, 0.3) is 0 Å². The lowest BCUT2D eigenvalue weighted by Gasteiger charge is -2.39. The van der Waals surface area contributed by atoms with Gasteiger partial charge >= 0.3 is 1.43 Å². The molecule has 6 nitrogen and oxygen atoms in total. The van der Waals surface area contributed by atoms with Crippen LogP contribution in [0.25, 0.3) is 0 Å². The number of nitrogens with zero attached hydrogens (tertiary/aromatic N) is 1. The van der Waals surface area contributed by atoms with Gasteiger partial charge in [0.1, 0.15) is 0 Å². The summed E-state index contributed by atoms with van der Waals surface area (Å²) in [5.41, 5.74) is 7.06.